The highest BCUT2D eigenvalue weighted by atomic mass is 16.4. The van der Waals surface area contributed by atoms with Gasteiger partial charge in [0.05, 0.1) is 0 Å². The van der Waals surface area contributed by atoms with Crippen molar-refractivity contribution in [3.05, 3.63) is 23.8 Å². The lowest BCUT2D eigenvalue weighted by atomic mass is 9.47. The second-order valence-electron chi connectivity index (χ2n) is 9.76. The van der Waals surface area contributed by atoms with E-state index in [0.29, 0.717) is 17.1 Å². The third-order valence-electron chi connectivity index (χ3n) is 8.84. The zero-order chi connectivity index (χ0) is 18.5. The molecule has 0 aliphatic heterocycles. The van der Waals surface area contributed by atoms with Crippen molar-refractivity contribution in [3.63, 3.8) is 0 Å². The first kappa shape index (κ1) is 18.0. The van der Waals surface area contributed by atoms with E-state index in [4.69, 9.17) is 5.11 Å². The number of rotatable bonds is 3. The van der Waals surface area contributed by atoms with Crippen molar-refractivity contribution in [3.8, 4) is 0 Å². The number of ketones is 1. The summed E-state index contributed by atoms with van der Waals surface area (Å²) in [5.41, 5.74) is 2.06. The maximum absolute atomic E-state index is 11.9. The van der Waals surface area contributed by atoms with Gasteiger partial charge in [-0.05, 0) is 91.9 Å². The Morgan fingerprint density at radius 3 is 2.73 bits per heavy atom. The minimum absolute atomic E-state index is 0.249. The van der Waals surface area contributed by atoms with E-state index in [1.165, 1.54) is 43.8 Å². The van der Waals surface area contributed by atoms with Gasteiger partial charge in [0.2, 0.25) is 0 Å². The molecule has 3 nitrogen and oxygen atoms in total. The number of hydrogen-bond acceptors (Lipinski definition) is 2. The van der Waals surface area contributed by atoms with Gasteiger partial charge in [-0.1, -0.05) is 25.5 Å². The highest BCUT2D eigenvalue weighted by molar-refractivity contribution is 5.91. The van der Waals surface area contributed by atoms with Crippen LogP contribution in [-0.4, -0.2) is 16.9 Å². The third-order valence-corrected chi connectivity index (χ3v) is 8.84. The number of hydrogen-bond donors (Lipinski definition) is 1. The van der Waals surface area contributed by atoms with Crippen LogP contribution in [0.4, 0.5) is 0 Å². The number of carbonyl (C=O) groups is 2. The molecule has 0 aromatic carbocycles. The van der Waals surface area contributed by atoms with Crippen molar-refractivity contribution in [2.45, 2.75) is 71.6 Å². The third kappa shape index (κ3) is 2.70. The predicted octanol–water partition coefficient (Wildman–Crippen LogP) is 5.17. The predicted molar refractivity (Wildman–Crippen MR) is 102 cm³/mol. The monoisotopic (exact) mass is 356 g/mol. The SMILES string of the molecule is C[C@]12CCC(=O)C=C1CCC1C2CC[C@@]2(C)C1CC[C@@H]2C/C=C/C(=O)O. The van der Waals surface area contributed by atoms with E-state index in [0.717, 1.165) is 43.4 Å². The van der Waals surface area contributed by atoms with Crippen LogP contribution in [0, 0.1) is 34.5 Å². The van der Waals surface area contributed by atoms with E-state index in [2.05, 4.69) is 13.8 Å². The molecule has 3 saturated carbocycles. The first-order valence-electron chi connectivity index (χ1n) is 10.5. The van der Waals surface area contributed by atoms with E-state index >= 15 is 0 Å². The molecule has 3 unspecified atom stereocenters. The summed E-state index contributed by atoms with van der Waals surface area (Å²) >= 11 is 0. The van der Waals surface area contributed by atoms with Crippen molar-refractivity contribution >= 4 is 11.8 Å². The van der Waals surface area contributed by atoms with Crippen molar-refractivity contribution in [1.82, 2.24) is 0 Å². The van der Waals surface area contributed by atoms with Gasteiger partial charge < -0.3 is 5.11 Å². The normalized spacial score (nSPS) is 45.0. The summed E-state index contributed by atoms with van der Waals surface area (Å²) in [4.78, 5) is 22.7. The van der Waals surface area contributed by atoms with Gasteiger partial charge in [-0.25, -0.2) is 4.79 Å². The Balaban J connectivity index is 1.55. The molecule has 4 aliphatic carbocycles. The molecule has 4 rings (SSSR count). The fourth-order valence-electron chi connectivity index (χ4n) is 7.39. The molecular formula is C23H32O3. The number of aliphatic carboxylic acids is 1. The Hall–Kier alpha value is -1.38. The van der Waals surface area contributed by atoms with E-state index in [9.17, 15) is 9.59 Å². The molecule has 0 aromatic heterocycles. The second-order valence-corrected chi connectivity index (χ2v) is 9.76. The highest BCUT2D eigenvalue weighted by Gasteiger charge is 2.58. The Bertz CT molecular complexity index is 675. The Labute approximate surface area is 156 Å². The summed E-state index contributed by atoms with van der Waals surface area (Å²) in [5.74, 6) is 2.43. The summed E-state index contributed by atoms with van der Waals surface area (Å²) in [6.07, 6.45) is 15.3. The lowest BCUT2D eigenvalue weighted by Gasteiger charge is -2.58. The average Bonchev–Trinajstić information content (AvgIpc) is 2.92. The standard InChI is InChI=1S/C23H32O3/c1-22-13-11-20-18(8-6-16-14-17(24)10-12-23(16,20)2)19(22)9-7-15(22)4-3-5-21(25)26/h3,5,14-15,18-20H,4,6-13H2,1-2H3,(H,25,26)/b5-3+/t15-,18?,19?,20?,22+,23-/m0/s1. The van der Waals surface area contributed by atoms with E-state index < -0.39 is 5.97 Å². The van der Waals surface area contributed by atoms with Crippen LogP contribution < -0.4 is 0 Å². The van der Waals surface area contributed by atoms with Crippen LogP contribution in [-0.2, 0) is 9.59 Å². The van der Waals surface area contributed by atoms with Crippen LogP contribution in [0.2, 0.25) is 0 Å². The lowest BCUT2D eigenvalue weighted by molar-refractivity contribution is -0.131. The first-order valence-corrected chi connectivity index (χ1v) is 10.5. The Kier molecular flexibility index (Phi) is 4.40. The van der Waals surface area contributed by atoms with Gasteiger partial charge in [-0.3, -0.25) is 4.79 Å². The van der Waals surface area contributed by atoms with Gasteiger partial charge in [-0.2, -0.15) is 0 Å². The van der Waals surface area contributed by atoms with Crippen LogP contribution in [0.3, 0.4) is 0 Å². The van der Waals surface area contributed by atoms with Gasteiger partial charge in [0.25, 0.3) is 0 Å². The zero-order valence-corrected chi connectivity index (χ0v) is 16.2. The minimum atomic E-state index is -0.834. The Morgan fingerprint density at radius 1 is 1.15 bits per heavy atom. The van der Waals surface area contributed by atoms with Crippen molar-refractivity contribution in [2.24, 2.45) is 34.5 Å². The maximum Gasteiger partial charge on any atom is 0.327 e. The van der Waals surface area contributed by atoms with Crippen LogP contribution in [0.25, 0.3) is 0 Å². The molecule has 26 heavy (non-hydrogen) atoms. The zero-order valence-electron chi connectivity index (χ0n) is 16.2. The van der Waals surface area contributed by atoms with Gasteiger partial charge in [-0.15, -0.1) is 0 Å². The molecule has 1 N–H and O–H groups in total. The van der Waals surface area contributed by atoms with Crippen LogP contribution in [0.15, 0.2) is 23.8 Å². The maximum atomic E-state index is 11.9. The summed E-state index contributed by atoms with van der Waals surface area (Å²) < 4.78 is 0. The highest BCUT2D eigenvalue weighted by Crippen LogP contribution is 2.67. The molecule has 6 atom stereocenters. The molecular weight excluding hydrogens is 324 g/mol. The average molecular weight is 357 g/mol. The number of carbonyl (C=O) groups excluding carboxylic acids is 1. The lowest BCUT2D eigenvalue weighted by Crippen LogP contribution is -2.50. The topological polar surface area (TPSA) is 54.4 Å². The van der Waals surface area contributed by atoms with E-state index in [-0.39, 0.29) is 5.41 Å². The molecule has 0 saturated heterocycles. The number of carboxylic acid groups (broad SMARTS) is 1. The van der Waals surface area contributed by atoms with Crippen LogP contribution in [0.1, 0.15) is 71.6 Å². The van der Waals surface area contributed by atoms with Gasteiger partial charge in [0.15, 0.2) is 5.78 Å². The van der Waals surface area contributed by atoms with Crippen molar-refractivity contribution < 1.29 is 14.7 Å². The molecule has 0 amide bonds. The van der Waals surface area contributed by atoms with Crippen LogP contribution in [0.5, 0.6) is 0 Å². The molecule has 0 radical (unpaired) electrons. The smallest absolute Gasteiger partial charge is 0.327 e. The van der Waals surface area contributed by atoms with Crippen molar-refractivity contribution in [2.75, 3.05) is 0 Å². The molecule has 3 heteroatoms. The molecule has 0 bridgehead atoms. The fraction of sp³-hybridized carbons (Fsp3) is 0.739. The largest absolute Gasteiger partial charge is 0.478 e. The van der Waals surface area contributed by atoms with Gasteiger partial charge in [0, 0.05) is 12.5 Å². The summed E-state index contributed by atoms with van der Waals surface area (Å²) in [6.45, 7) is 4.92. The number of carboxylic acids is 1. The molecule has 0 aromatic rings. The van der Waals surface area contributed by atoms with Gasteiger partial charge >= 0.3 is 5.97 Å². The molecule has 3 fully saturated rings. The molecule has 142 valence electrons. The second kappa shape index (κ2) is 6.35. The summed E-state index contributed by atoms with van der Waals surface area (Å²) in [6, 6.07) is 0. The minimum Gasteiger partial charge on any atom is -0.478 e. The quantitative estimate of drug-likeness (QED) is 0.710. The summed E-state index contributed by atoms with van der Waals surface area (Å²) in [5, 5.41) is 8.88. The Morgan fingerprint density at radius 2 is 1.96 bits per heavy atom. The molecule has 0 heterocycles. The first-order chi connectivity index (χ1) is 12.3. The van der Waals surface area contributed by atoms with Gasteiger partial charge in [0.1, 0.15) is 0 Å². The van der Waals surface area contributed by atoms with Crippen LogP contribution >= 0.6 is 0 Å². The number of fused-ring (bicyclic) bond motifs is 5. The van der Waals surface area contributed by atoms with Crippen molar-refractivity contribution in [1.29, 1.82) is 0 Å². The molecule has 0 spiro atoms. The fourth-order valence-corrected chi connectivity index (χ4v) is 7.39. The number of allylic oxidation sites excluding steroid dienone is 2. The van der Waals surface area contributed by atoms with E-state index in [1.54, 1.807) is 0 Å². The summed E-state index contributed by atoms with van der Waals surface area (Å²) in [7, 11) is 0. The molecule has 4 aliphatic rings. The van der Waals surface area contributed by atoms with E-state index in [1.807, 2.05) is 12.2 Å².